The van der Waals surface area contributed by atoms with Crippen molar-refractivity contribution < 1.29 is 0 Å². The van der Waals surface area contributed by atoms with Gasteiger partial charge in [-0.25, -0.2) is 0 Å². The van der Waals surface area contributed by atoms with Crippen molar-refractivity contribution in [1.82, 2.24) is 0 Å². The molecule has 18 heavy (non-hydrogen) atoms. The van der Waals surface area contributed by atoms with E-state index in [1.165, 1.54) is 24.1 Å². The molecule has 1 atom stereocenters. The molecule has 0 aromatic heterocycles. The van der Waals surface area contributed by atoms with Crippen LogP contribution in [0.15, 0.2) is 59.1 Å². The van der Waals surface area contributed by atoms with Crippen LogP contribution >= 0.6 is 15.9 Å². The second-order valence-electron chi connectivity index (χ2n) is 4.74. The number of rotatable bonds is 2. The van der Waals surface area contributed by atoms with Gasteiger partial charge >= 0.3 is 0 Å². The maximum Gasteiger partial charge on any atom is 0.0543 e. The molecule has 0 N–H and O–H groups in total. The number of hydrogen-bond acceptors (Lipinski definition) is 1. The smallest absolute Gasteiger partial charge is 0.0543 e. The molecule has 1 aliphatic rings. The summed E-state index contributed by atoms with van der Waals surface area (Å²) >= 11 is 3.50. The highest BCUT2D eigenvalue weighted by Crippen LogP contribution is 2.36. The highest BCUT2D eigenvalue weighted by Gasteiger charge is 2.25. The van der Waals surface area contributed by atoms with E-state index in [2.05, 4.69) is 75.4 Å². The Hall–Kier alpha value is -1.28. The van der Waals surface area contributed by atoms with Crippen LogP contribution < -0.4 is 4.90 Å². The summed E-state index contributed by atoms with van der Waals surface area (Å²) in [6.45, 7) is 1.15. The molecule has 92 valence electrons. The number of nitrogens with zero attached hydrogens (tertiary/aromatic N) is 1. The zero-order valence-corrected chi connectivity index (χ0v) is 11.8. The van der Waals surface area contributed by atoms with Crippen LogP contribution in [0, 0.1) is 0 Å². The summed E-state index contributed by atoms with van der Waals surface area (Å²) in [5, 5.41) is 0. The molecule has 0 amide bonds. The number of anilines is 1. The van der Waals surface area contributed by atoms with E-state index < -0.39 is 0 Å². The Bertz CT molecular complexity index is 506. The zero-order chi connectivity index (χ0) is 12.4. The minimum absolute atomic E-state index is 0.535. The predicted octanol–water partition coefficient (Wildman–Crippen LogP) is 4.79. The molecule has 1 aliphatic heterocycles. The van der Waals surface area contributed by atoms with E-state index in [4.69, 9.17) is 0 Å². The molecule has 0 radical (unpaired) electrons. The van der Waals surface area contributed by atoms with Crippen LogP contribution in [-0.2, 0) is 0 Å². The topological polar surface area (TPSA) is 3.24 Å². The molecule has 1 saturated heterocycles. The zero-order valence-electron chi connectivity index (χ0n) is 10.2. The maximum absolute atomic E-state index is 3.50. The van der Waals surface area contributed by atoms with Gasteiger partial charge in [-0.3, -0.25) is 0 Å². The number of hydrogen-bond donors (Lipinski definition) is 0. The molecular weight excluding hydrogens is 286 g/mol. The van der Waals surface area contributed by atoms with Crippen LogP contribution in [0.2, 0.25) is 0 Å². The van der Waals surface area contributed by atoms with Crippen LogP contribution in [0.4, 0.5) is 5.69 Å². The summed E-state index contributed by atoms with van der Waals surface area (Å²) in [6, 6.07) is 20.0. The average Bonchev–Trinajstić information content (AvgIpc) is 2.90. The largest absolute Gasteiger partial charge is 0.364 e. The molecule has 2 heteroatoms. The summed E-state index contributed by atoms with van der Waals surface area (Å²) in [5.74, 6) is 0. The molecule has 2 aromatic rings. The van der Waals surface area contributed by atoms with Gasteiger partial charge in [0.15, 0.2) is 0 Å². The first-order valence-electron chi connectivity index (χ1n) is 6.42. The van der Waals surface area contributed by atoms with Crippen molar-refractivity contribution in [3.05, 3.63) is 64.6 Å². The standard InChI is InChI=1S/C16H16BrN/c17-14-8-10-15(11-9-14)18-12-4-7-16(18)13-5-2-1-3-6-13/h1-3,5-6,8-11,16H,4,7,12H2. The van der Waals surface area contributed by atoms with Gasteiger partial charge in [-0.1, -0.05) is 46.3 Å². The third-order valence-corrected chi connectivity index (χ3v) is 4.12. The van der Waals surface area contributed by atoms with Gasteiger partial charge in [-0.05, 0) is 42.7 Å². The van der Waals surface area contributed by atoms with Crippen molar-refractivity contribution in [3.63, 3.8) is 0 Å². The summed E-state index contributed by atoms with van der Waals surface area (Å²) in [5.41, 5.74) is 2.75. The van der Waals surface area contributed by atoms with E-state index in [0.29, 0.717) is 6.04 Å². The van der Waals surface area contributed by atoms with Gasteiger partial charge in [-0.15, -0.1) is 0 Å². The quantitative estimate of drug-likeness (QED) is 0.771. The Kier molecular flexibility index (Phi) is 3.37. The van der Waals surface area contributed by atoms with Gasteiger partial charge in [0.2, 0.25) is 0 Å². The molecule has 0 aliphatic carbocycles. The van der Waals surface area contributed by atoms with E-state index in [-0.39, 0.29) is 0 Å². The molecule has 0 saturated carbocycles. The average molecular weight is 302 g/mol. The normalized spacial score (nSPS) is 19.2. The van der Waals surface area contributed by atoms with Crippen molar-refractivity contribution in [2.45, 2.75) is 18.9 Å². The second kappa shape index (κ2) is 5.15. The SMILES string of the molecule is Brc1ccc(N2CCCC2c2ccccc2)cc1. The lowest BCUT2D eigenvalue weighted by atomic mass is 10.0. The number of halogens is 1. The first-order valence-corrected chi connectivity index (χ1v) is 7.21. The Morgan fingerprint density at radius 3 is 2.39 bits per heavy atom. The highest BCUT2D eigenvalue weighted by atomic mass is 79.9. The van der Waals surface area contributed by atoms with Crippen LogP contribution in [0.3, 0.4) is 0 Å². The number of benzene rings is 2. The van der Waals surface area contributed by atoms with E-state index in [1.54, 1.807) is 0 Å². The molecule has 1 fully saturated rings. The lowest BCUT2D eigenvalue weighted by molar-refractivity contribution is 0.719. The molecule has 1 nitrogen and oxygen atoms in total. The molecular formula is C16H16BrN. The van der Waals surface area contributed by atoms with Crippen molar-refractivity contribution in [2.24, 2.45) is 0 Å². The molecule has 3 rings (SSSR count). The van der Waals surface area contributed by atoms with Gasteiger partial charge in [0.05, 0.1) is 6.04 Å². The van der Waals surface area contributed by atoms with E-state index in [9.17, 15) is 0 Å². The van der Waals surface area contributed by atoms with Gasteiger partial charge in [0.25, 0.3) is 0 Å². The first-order chi connectivity index (χ1) is 8.84. The molecule has 1 unspecified atom stereocenters. The lowest BCUT2D eigenvalue weighted by Gasteiger charge is -2.27. The maximum atomic E-state index is 3.50. The van der Waals surface area contributed by atoms with Gasteiger partial charge in [0, 0.05) is 16.7 Å². The highest BCUT2D eigenvalue weighted by molar-refractivity contribution is 9.10. The van der Waals surface area contributed by atoms with Gasteiger partial charge < -0.3 is 4.90 Å². The van der Waals surface area contributed by atoms with Crippen molar-refractivity contribution in [3.8, 4) is 0 Å². The summed E-state index contributed by atoms with van der Waals surface area (Å²) in [4.78, 5) is 2.52. The van der Waals surface area contributed by atoms with Crippen LogP contribution in [0.5, 0.6) is 0 Å². The molecule has 0 spiro atoms. The van der Waals surface area contributed by atoms with Crippen LogP contribution in [0.25, 0.3) is 0 Å². The van der Waals surface area contributed by atoms with Crippen molar-refractivity contribution in [2.75, 3.05) is 11.4 Å². The third kappa shape index (κ3) is 2.30. The molecule has 1 heterocycles. The Morgan fingerprint density at radius 1 is 0.944 bits per heavy atom. The lowest BCUT2D eigenvalue weighted by Crippen LogP contribution is -2.22. The van der Waals surface area contributed by atoms with E-state index in [1.807, 2.05) is 0 Å². The second-order valence-corrected chi connectivity index (χ2v) is 5.65. The minimum Gasteiger partial charge on any atom is -0.364 e. The third-order valence-electron chi connectivity index (χ3n) is 3.60. The monoisotopic (exact) mass is 301 g/mol. The van der Waals surface area contributed by atoms with Crippen molar-refractivity contribution in [1.29, 1.82) is 0 Å². The molecule has 2 aromatic carbocycles. The Balaban J connectivity index is 1.90. The fourth-order valence-corrected chi connectivity index (χ4v) is 2.99. The minimum atomic E-state index is 0.535. The fraction of sp³-hybridized carbons (Fsp3) is 0.250. The Labute approximate surface area is 117 Å². The fourth-order valence-electron chi connectivity index (χ4n) is 2.73. The van der Waals surface area contributed by atoms with Gasteiger partial charge in [0.1, 0.15) is 0 Å². The molecule has 0 bridgehead atoms. The predicted molar refractivity (Wildman–Crippen MR) is 79.9 cm³/mol. The first kappa shape index (κ1) is 11.8. The Morgan fingerprint density at radius 2 is 1.67 bits per heavy atom. The summed E-state index contributed by atoms with van der Waals surface area (Å²) in [6.07, 6.45) is 2.52. The summed E-state index contributed by atoms with van der Waals surface area (Å²) < 4.78 is 1.14. The summed E-state index contributed by atoms with van der Waals surface area (Å²) in [7, 11) is 0. The van der Waals surface area contributed by atoms with Crippen LogP contribution in [-0.4, -0.2) is 6.54 Å². The van der Waals surface area contributed by atoms with Crippen molar-refractivity contribution >= 4 is 21.6 Å². The van der Waals surface area contributed by atoms with Gasteiger partial charge in [-0.2, -0.15) is 0 Å². The van der Waals surface area contributed by atoms with E-state index >= 15 is 0 Å². The van der Waals surface area contributed by atoms with Crippen LogP contribution in [0.1, 0.15) is 24.4 Å². The van der Waals surface area contributed by atoms with E-state index in [0.717, 1.165) is 11.0 Å².